The number of hydrogen-bond acceptors (Lipinski definition) is 2. The van der Waals surface area contributed by atoms with Gasteiger partial charge in [0, 0.05) is 11.5 Å². The first kappa shape index (κ1) is 20.0. The molecule has 0 saturated carbocycles. The van der Waals surface area contributed by atoms with Crippen molar-refractivity contribution >= 4 is 0 Å². The summed E-state index contributed by atoms with van der Waals surface area (Å²) in [6.07, 6.45) is 2.95. The molecule has 1 aromatic rings. The van der Waals surface area contributed by atoms with E-state index < -0.39 is 0 Å². The molecule has 0 radical (unpaired) electrons. The third-order valence-corrected chi connectivity index (χ3v) is 5.73. The first-order valence-electron chi connectivity index (χ1n) is 9.16. The van der Waals surface area contributed by atoms with E-state index in [1.54, 1.807) is 0 Å². The molecule has 132 valence electrons. The molecule has 0 fully saturated rings. The minimum absolute atomic E-state index is 0.0737. The number of ether oxygens (including phenoxy) is 1. The van der Waals surface area contributed by atoms with Crippen molar-refractivity contribution in [2.45, 2.75) is 91.7 Å². The molecule has 2 atom stereocenters. The molecule has 2 N–H and O–H groups in total. The number of hydrogen-bond donors (Lipinski definition) is 1. The van der Waals surface area contributed by atoms with E-state index in [0.717, 1.165) is 25.0 Å². The summed E-state index contributed by atoms with van der Waals surface area (Å²) in [6.45, 7) is 17.9. The molecule has 0 bridgehead atoms. The second-order valence-electron chi connectivity index (χ2n) is 8.15. The first-order chi connectivity index (χ1) is 10.6. The van der Waals surface area contributed by atoms with Crippen LogP contribution in [-0.4, -0.2) is 6.23 Å². The SMILES string of the molecule is CCC(C)C(N)Oc1ccc(C(C)(C)CC)cc1C(C)(C)CC. The predicted octanol–water partition coefficient (Wildman–Crippen LogP) is 5.77. The van der Waals surface area contributed by atoms with Crippen molar-refractivity contribution in [3.63, 3.8) is 0 Å². The summed E-state index contributed by atoms with van der Waals surface area (Å²) in [5, 5.41) is 0. The van der Waals surface area contributed by atoms with Crippen molar-refractivity contribution in [3.8, 4) is 5.75 Å². The maximum atomic E-state index is 6.24. The number of rotatable bonds is 8. The van der Waals surface area contributed by atoms with Gasteiger partial charge in [-0.2, -0.15) is 0 Å². The van der Waals surface area contributed by atoms with Crippen LogP contribution in [0.4, 0.5) is 0 Å². The lowest BCUT2D eigenvalue weighted by molar-refractivity contribution is 0.143. The van der Waals surface area contributed by atoms with Gasteiger partial charge in [0.05, 0.1) is 0 Å². The van der Waals surface area contributed by atoms with Gasteiger partial charge in [-0.3, -0.25) is 5.73 Å². The smallest absolute Gasteiger partial charge is 0.150 e. The standard InChI is InChI=1S/C21H37NO/c1-9-15(4)19(22)23-18-13-12-16(20(5,6)10-2)14-17(18)21(7,8)11-3/h12-15,19H,9-11,22H2,1-8H3. The minimum atomic E-state index is -0.253. The summed E-state index contributed by atoms with van der Waals surface area (Å²) in [5.74, 6) is 1.29. The predicted molar refractivity (Wildman–Crippen MR) is 101 cm³/mol. The van der Waals surface area contributed by atoms with Gasteiger partial charge in [-0.25, -0.2) is 0 Å². The van der Waals surface area contributed by atoms with Gasteiger partial charge in [0.2, 0.25) is 0 Å². The van der Waals surface area contributed by atoms with Crippen molar-refractivity contribution in [1.29, 1.82) is 0 Å². The second kappa shape index (κ2) is 7.70. The Kier molecular flexibility index (Phi) is 6.70. The zero-order valence-electron chi connectivity index (χ0n) is 16.5. The van der Waals surface area contributed by atoms with Gasteiger partial charge in [-0.1, -0.05) is 67.5 Å². The van der Waals surface area contributed by atoms with E-state index >= 15 is 0 Å². The van der Waals surface area contributed by atoms with Crippen LogP contribution in [0.2, 0.25) is 0 Å². The summed E-state index contributed by atoms with van der Waals surface area (Å²) in [4.78, 5) is 0. The summed E-state index contributed by atoms with van der Waals surface area (Å²) in [5.41, 5.74) is 9.14. The maximum Gasteiger partial charge on any atom is 0.150 e. The normalized spacial score (nSPS) is 15.3. The quantitative estimate of drug-likeness (QED) is 0.617. The van der Waals surface area contributed by atoms with E-state index in [0.29, 0.717) is 5.92 Å². The van der Waals surface area contributed by atoms with Crippen LogP contribution in [0, 0.1) is 5.92 Å². The zero-order chi connectivity index (χ0) is 17.8. The highest BCUT2D eigenvalue weighted by atomic mass is 16.5. The fourth-order valence-electron chi connectivity index (χ4n) is 2.47. The molecule has 0 aromatic heterocycles. The van der Waals surface area contributed by atoms with E-state index in [9.17, 15) is 0 Å². The molecule has 2 heteroatoms. The lowest BCUT2D eigenvalue weighted by Gasteiger charge is -2.32. The van der Waals surface area contributed by atoms with Gasteiger partial charge in [0.15, 0.2) is 0 Å². The minimum Gasteiger partial charge on any atom is -0.475 e. The van der Waals surface area contributed by atoms with Crippen LogP contribution in [0.3, 0.4) is 0 Å². The van der Waals surface area contributed by atoms with E-state index in [2.05, 4.69) is 73.6 Å². The Morgan fingerprint density at radius 2 is 1.57 bits per heavy atom. The highest BCUT2D eigenvalue weighted by molar-refractivity contribution is 5.44. The lowest BCUT2D eigenvalue weighted by Crippen LogP contribution is -2.35. The fourth-order valence-corrected chi connectivity index (χ4v) is 2.47. The largest absolute Gasteiger partial charge is 0.475 e. The van der Waals surface area contributed by atoms with Crippen LogP contribution in [0.5, 0.6) is 5.75 Å². The third-order valence-electron chi connectivity index (χ3n) is 5.73. The molecule has 0 spiro atoms. The van der Waals surface area contributed by atoms with E-state index in [1.165, 1.54) is 11.1 Å². The third kappa shape index (κ3) is 4.73. The van der Waals surface area contributed by atoms with Crippen LogP contribution in [0.1, 0.15) is 85.8 Å². The van der Waals surface area contributed by atoms with Crippen LogP contribution < -0.4 is 10.5 Å². The molecule has 23 heavy (non-hydrogen) atoms. The van der Waals surface area contributed by atoms with Gasteiger partial charge in [-0.15, -0.1) is 0 Å². The molecule has 2 nitrogen and oxygen atoms in total. The van der Waals surface area contributed by atoms with Gasteiger partial charge in [0.25, 0.3) is 0 Å². The monoisotopic (exact) mass is 319 g/mol. The molecular weight excluding hydrogens is 282 g/mol. The second-order valence-corrected chi connectivity index (χ2v) is 8.15. The Morgan fingerprint density at radius 1 is 1.00 bits per heavy atom. The summed E-state index contributed by atoms with van der Waals surface area (Å²) in [6, 6.07) is 6.67. The first-order valence-corrected chi connectivity index (χ1v) is 9.16. The Balaban J connectivity index is 3.30. The molecule has 0 heterocycles. The summed E-state index contributed by atoms with van der Waals surface area (Å²) >= 11 is 0. The Labute approximate surface area is 143 Å². The van der Waals surface area contributed by atoms with Crippen molar-refractivity contribution in [2.24, 2.45) is 11.7 Å². The number of nitrogens with two attached hydrogens (primary N) is 1. The molecule has 2 unspecified atom stereocenters. The van der Waals surface area contributed by atoms with Gasteiger partial charge in [0.1, 0.15) is 12.0 Å². The molecule has 0 aliphatic rings. The Hall–Kier alpha value is -1.02. The highest BCUT2D eigenvalue weighted by Crippen LogP contribution is 2.38. The lowest BCUT2D eigenvalue weighted by atomic mass is 9.76. The molecule has 0 saturated heterocycles. The molecular formula is C21H37NO. The molecule has 0 aliphatic carbocycles. The number of benzene rings is 1. The van der Waals surface area contributed by atoms with Crippen LogP contribution in [-0.2, 0) is 10.8 Å². The fraction of sp³-hybridized carbons (Fsp3) is 0.714. The van der Waals surface area contributed by atoms with Crippen molar-refractivity contribution < 1.29 is 4.74 Å². The van der Waals surface area contributed by atoms with Crippen LogP contribution >= 0.6 is 0 Å². The van der Waals surface area contributed by atoms with Crippen LogP contribution in [0.15, 0.2) is 18.2 Å². The molecule has 1 rings (SSSR count). The van der Waals surface area contributed by atoms with Crippen LogP contribution in [0.25, 0.3) is 0 Å². The van der Waals surface area contributed by atoms with Crippen molar-refractivity contribution in [1.82, 2.24) is 0 Å². The van der Waals surface area contributed by atoms with E-state index in [1.807, 2.05) is 0 Å². The maximum absolute atomic E-state index is 6.24. The average molecular weight is 320 g/mol. The molecule has 1 aromatic carbocycles. The topological polar surface area (TPSA) is 35.2 Å². The Morgan fingerprint density at radius 3 is 2.04 bits per heavy atom. The van der Waals surface area contributed by atoms with Gasteiger partial charge >= 0.3 is 0 Å². The van der Waals surface area contributed by atoms with Gasteiger partial charge < -0.3 is 4.74 Å². The van der Waals surface area contributed by atoms with Crippen molar-refractivity contribution in [2.75, 3.05) is 0 Å². The highest BCUT2D eigenvalue weighted by Gasteiger charge is 2.27. The van der Waals surface area contributed by atoms with E-state index in [-0.39, 0.29) is 17.1 Å². The summed E-state index contributed by atoms with van der Waals surface area (Å²) in [7, 11) is 0. The molecule has 0 amide bonds. The van der Waals surface area contributed by atoms with Crippen molar-refractivity contribution in [3.05, 3.63) is 29.3 Å². The average Bonchev–Trinajstić information content (AvgIpc) is 2.53. The summed E-state index contributed by atoms with van der Waals surface area (Å²) < 4.78 is 6.17. The Bertz CT molecular complexity index is 505. The molecule has 0 aliphatic heterocycles. The zero-order valence-corrected chi connectivity index (χ0v) is 16.5. The van der Waals surface area contributed by atoms with E-state index in [4.69, 9.17) is 10.5 Å². The van der Waals surface area contributed by atoms with Gasteiger partial charge in [-0.05, 0) is 41.7 Å².